The molecule has 1 aromatic heterocycles. The number of hydrogen-bond donors (Lipinski definition) is 2. The molecule has 0 saturated heterocycles. The fourth-order valence-corrected chi connectivity index (χ4v) is 1.16. The summed E-state index contributed by atoms with van der Waals surface area (Å²) in [7, 11) is 0. The average Bonchev–Trinajstić information content (AvgIpc) is 2.14. The number of nitrogens with one attached hydrogen (secondary N) is 1. The van der Waals surface area contributed by atoms with Gasteiger partial charge in [0.25, 0.3) is 0 Å². The number of aromatic nitrogens is 2. The van der Waals surface area contributed by atoms with Crippen molar-refractivity contribution in [1.29, 1.82) is 0 Å². The third kappa shape index (κ3) is 2.82. The van der Waals surface area contributed by atoms with E-state index in [9.17, 15) is 18.0 Å². The molecular formula is C9H12F3N3O. The molecule has 7 heteroatoms. The molecule has 1 atom stereocenters. The minimum Gasteiger partial charge on any atom is -0.323 e. The molecule has 1 unspecified atom stereocenters. The first-order valence-corrected chi connectivity index (χ1v) is 4.66. The van der Waals surface area contributed by atoms with Crippen molar-refractivity contribution in [2.75, 3.05) is 0 Å². The Labute approximate surface area is 89.7 Å². The van der Waals surface area contributed by atoms with Gasteiger partial charge in [0, 0.05) is 11.7 Å². The van der Waals surface area contributed by atoms with Crippen LogP contribution in [-0.2, 0) is 6.18 Å². The van der Waals surface area contributed by atoms with Gasteiger partial charge in [-0.25, -0.2) is 4.79 Å². The molecule has 1 heterocycles. The maximum Gasteiger partial charge on any atom is 0.433 e. The number of alkyl halides is 3. The average molecular weight is 235 g/mol. The minimum atomic E-state index is -4.64. The number of aromatic amines is 1. The van der Waals surface area contributed by atoms with E-state index in [2.05, 4.69) is 9.97 Å². The lowest BCUT2D eigenvalue weighted by molar-refractivity contribution is -0.141. The maximum atomic E-state index is 12.4. The highest BCUT2D eigenvalue weighted by Crippen LogP contribution is 2.28. The molecule has 0 aromatic carbocycles. The number of nitrogens with zero attached hydrogens (tertiary/aromatic N) is 1. The second kappa shape index (κ2) is 4.25. The molecule has 3 N–H and O–H groups in total. The number of nitrogens with two attached hydrogens (primary N) is 1. The van der Waals surface area contributed by atoms with Gasteiger partial charge in [0.05, 0.1) is 0 Å². The SMILES string of the molecule is CC(C)C(N)c1cc(C(F)(F)F)nc(=O)[nH]1. The topological polar surface area (TPSA) is 71.8 Å². The molecule has 0 saturated carbocycles. The molecule has 0 bridgehead atoms. The van der Waals surface area contributed by atoms with Crippen molar-refractivity contribution in [2.45, 2.75) is 26.1 Å². The van der Waals surface area contributed by atoms with Crippen LogP contribution < -0.4 is 11.4 Å². The van der Waals surface area contributed by atoms with Crippen LogP contribution in [0.1, 0.15) is 31.3 Å². The van der Waals surface area contributed by atoms with Crippen molar-refractivity contribution in [3.05, 3.63) is 27.9 Å². The standard InChI is InChI=1S/C9H12F3N3O/c1-4(2)7(13)5-3-6(9(10,11)12)15-8(16)14-5/h3-4,7H,13H2,1-2H3,(H,14,15,16). The van der Waals surface area contributed by atoms with Crippen molar-refractivity contribution >= 4 is 0 Å². The van der Waals surface area contributed by atoms with Gasteiger partial charge in [-0.2, -0.15) is 18.2 Å². The first-order chi connectivity index (χ1) is 7.21. The van der Waals surface area contributed by atoms with Crippen LogP contribution in [-0.4, -0.2) is 9.97 Å². The predicted molar refractivity (Wildman–Crippen MR) is 51.6 cm³/mol. The number of H-pyrrole nitrogens is 1. The maximum absolute atomic E-state index is 12.4. The Morgan fingerprint density at radius 2 is 2.00 bits per heavy atom. The van der Waals surface area contributed by atoms with Crippen LogP contribution in [0.25, 0.3) is 0 Å². The van der Waals surface area contributed by atoms with Crippen molar-refractivity contribution < 1.29 is 13.2 Å². The lowest BCUT2D eigenvalue weighted by atomic mass is 10.0. The number of rotatable bonds is 2. The zero-order valence-electron chi connectivity index (χ0n) is 8.80. The van der Waals surface area contributed by atoms with Crippen molar-refractivity contribution in [3.8, 4) is 0 Å². The van der Waals surface area contributed by atoms with E-state index in [0.717, 1.165) is 6.07 Å². The zero-order chi connectivity index (χ0) is 12.5. The van der Waals surface area contributed by atoms with Crippen LogP contribution in [0.5, 0.6) is 0 Å². The van der Waals surface area contributed by atoms with Gasteiger partial charge in [-0.3, -0.25) is 0 Å². The van der Waals surface area contributed by atoms with E-state index in [0.29, 0.717) is 0 Å². The molecule has 16 heavy (non-hydrogen) atoms. The molecule has 0 amide bonds. The molecule has 0 aliphatic rings. The highest BCUT2D eigenvalue weighted by atomic mass is 19.4. The summed E-state index contributed by atoms with van der Waals surface area (Å²) in [5.74, 6) is -0.0841. The van der Waals surface area contributed by atoms with E-state index in [1.54, 1.807) is 13.8 Å². The van der Waals surface area contributed by atoms with E-state index in [4.69, 9.17) is 5.73 Å². The summed E-state index contributed by atoms with van der Waals surface area (Å²) in [4.78, 5) is 16.0. The summed E-state index contributed by atoms with van der Waals surface area (Å²) < 4.78 is 37.1. The highest BCUT2D eigenvalue weighted by molar-refractivity contribution is 5.14. The van der Waals surface area contributed by atoms with Gasteiger partial charge in [0.2, 0.25) is 0 Å². The second-order valence-electron chi connectivity index (χ2n) is 3.79. The molecule has 1 aromatic rings. The summed E-state index contributed by atoms with van der Waals surface area (Å²) in [5, 5.41) is 0. The highest BCUT2D eigenvalue weighted by Gasteiger charge is 2.33. The van der Waals surface area contributed by atoms with Gasteiger partial charge in [0.15, 0.2) is 5.69 Å². The first kappa shape index (κ1) is 12.7. The molecule has 4 nitrogen and oxygen atoms in total. The Hall–Kier alpha value is -1.37. The van der Waals surface area contributed by atoms with Gasteiger partial charge in [-0.15, -0.1) is 0 Å². The Kier molecular flexibility index (Phi) is 3.37. The van der Waals surface area contributed by atoms with Crippen molar-refractivity contribution in [3.63, 3.8) is 0 Å². The molecule has 90 valence electrons. The van der Waals surface area contributed by atoms with E-state index < -0.39 is 23.6 Å². The van der Waals surface area contributed by atoms with Crippen LogP contribution in [0.3, 0.4) is 0 Å². The number of hydrogen-bond acceptors (Lipinski definition) is 3. The van der Waals surface area contributed by atoms with Crippen LogP contribution in [0.2, 0.25) is 0 Å². The summed E-state index contributed by atoms with van der Waals surface area (Å²) in [6.45, 7) is 3.49. The third-order valence-electron chi connectivity index (χ3n) is 2.13. The van der Waals surface area contributed by atoms with E-state index >= 15 is 0 Å². The molecular weight excluding hydrogens is 223 g/mol. The molecule has 0 aliphatic carbocycles. The fourth-order valence-electron chi connectivity index (χ4n) is 1.16. The van der Waals surface area contributed by atoms with Gasteiger partial charge in [-0.1, -0.05) is 13.8 Å². The normalized spacial score (nSPS) is 14.2. The quantitative estimate of drug-likeness (QED) is 0.814. The van der Waals surface area contributed by atoms with Gasteiger partial charge < -0.3 is 10.7 Å². The summed E-state index contributed by atoms with van der Waals surface area (Å²) in [6.07, 6.45) is -4.64. The van der Waals surface area contributed by atoms with Gasteiger partial charge in [0.1, 0.15) is 0 Å². The van der Waals surface area contributed by atoms with Gasteiger partial charge >= 0.3 is 11.9 Å². The smallest absolute Gasteiger partial charge is 0.323 e. The van der Waals surface area contributed by atoms with E-state index in [1.165, 1.54) is 0 Å². The lowest BCUT2D eigenvalue weighted by Crippen LogP contribution is -2.26. The Morgan fingerprint density at radius 1 is 1.44 bits per heavy atom. The lowest BCUT2D eigenvalue weighted by Gasteiger charge is -2.16. The van der Waals surface area contributed by atoms with Crippen LogP contribution >= 0.6 is 0 Å². The minimum absolute atomic E-state index is 0.0438. The Morgan fingerprint density at radius 3 is 2.44 bits per heavy atom. The van der Waals surface area contributed by atoms with Gasteiger partial charge in [-0.05, 0) is 12.0 Å². The van der Waals surface area contributed by atoms with E-state index in [1.807, 2.05) is 0 Å². The predicted octanol–water partition coefficient (Wildman–Crippen LogP) is 1.44. The molecule has 0 fully saturated rings. The first-order valence-electron chi connectivity index (χ1n) is 4.66. The third-order valence-corrected chi connectivity index (χ3v) is 2.13. The monoisotopic (exact) mass is 235 g/mol. The fraction of sp³-hybridized carbons (Fsp3) is 0.556. The van der Waals surface area contributed by atoms with Crippen LogP contribution in [0.15, 0.2) is 10.9 Å². The number of halogens is 3. The molecule has 0 radical (unpaired) electrons. The van der Waals surface area contributed by atoms with Crippen molar-refractivity contribution in [1.82, 2.24) is 9.97 Å². The summed E-state index contributed by atoms with van der Waals surface area (Å²) in [5.41, 5.74) is 3.44. The summed E-state index contributed by atoms with van der Waals surface area (Å²) >= 11 is 0. The largest absolute Gasteiger partial charge is 0.433 e. The zero-order valence-corrected chi connectivity index (χ0v) is 8.80. The Balaban J connectivity index is 3.24. The molecule has 1 rings (SSSR count). The van der Waals surface area contributed by atoms with Crippen molar-refractivity contribution in [2.24, 2.45) is 11.7 Å². The van der Waals surface area contributed by atoms with E-state index in [-0.39, 0.29) is 11.6 Å². The summed E-state index contributed by atoms with van der Waals surface area (Å²) in [6, 6.07) is 0.114. The molecule has 0 spiro atoms. The van der Waals surface area contributed by atoms with Crippen LogP contribution in [0, 0.1) is 5.92 Å². The van der Waals surface area contributed by atoms with Crippen LogP contribution in [0.4, 0.5) is 13.2 Å². The second-order valence-corrected chi connectivity index (χ2v) is 3.79. The Bertz CT molecular complexity index is 425. The molecule has 0 aliphatic heterocycles.